The van der Waals surface area contributed by atoms with Gasteiger partial charge in [0.05, 0.1) is 0 Å². The highest BCUT2D eigenvalue weighted by Crippen LogP contribution is 2.38. The number of aromatic nitrogens is 2. The van der Waals surface area contributed by atoms with Gasteiger partial charge in [-0.3, -0.25) is 0 Å². The Morgan fingerprint density at radius 1 is 1.00 bits per heavy atom. The maximum absolute atomic E-state index is 5.47. The molecular formula is C13H21N5. The molecule has 98 valence electrons. The lowest BCUT2D eigenvalue weighted by atomic mass is 9.95. The molecule has 0 unspecified atom stereocenters. The molecule has 1 aromatic rings. The molecule has 3 rings (SSSR count). The topological polar surface area (TPSA) is 75.9 Å². The van der Waals surface area contributed by atoms with Crippen LogP contribution in [-0.2, 0) is 0 Å². The van der Waals surface area contributed by atoms with Crippen LogP contribution in [0, 0.1) is 0 Å². The Balaban J connectivity index is 1.74. The second-order valence-electron chi connectivity index (χ2n) is 5.39. The van der Waals surface area contributed by atoms with Crippen LogP contribution in [0.25, 0.3) is 0 Å². The van der Waals surface area contributed by atoms with E-state index in [0.717, 1.165) is 11.6 Å². The molecule has 4 N–H and O–H groups in total. The molecule has 2 fully saturated rings. The largest absolute Gasteiger partial charge is 0.367 e. The molecule has 1 aromatic heterocycles. The normalized spacial score (nSPS) is 20.7. The number of rotatable bonds is 4. The third-order valence-corrected chi connectivity index (χ3v) is 3.79. The van der Waals surface area contributed by atoms with Crippen molar-refractivity contribution in [3.8, 4) is 0 Å². The van der Waals surface area contributed by atoms with E-state index < -0.39 is 0 Å². The van der Waals surface area contributed by atoms with E-state index in [4.69, 9.17) is 5.84 Å². The molecule has 0 amide bonds. The zero-order chi connectivity index (χ0) is 12.4. The van der Waals surface area contributed by atoms with Gasteiger partial charge >= 0.3 is 0 Å². The second-order valence-corrected chi connectivity index (χ2v) is 5.39. The summed E-state index contributed by atoms with van der Waals surface area (Å²) in [5.74, 6) is 8.59. The molecule has 5 nitrogen and oxygen atoms in total. The Labute approximate surface area is 108 Å². The lowest BCUT2D eigenvalue weighted by Gasteiger charge is -2.23. The van der Waals surface area contributed by atoms with E-state index in [0.29, 0.717) is 17.8 Å². The molecule has 0 aliphatic heterocycles. The fraction of sp³-hybridized carbons (Fsp3) is 0.692. The summed E-state index contributed by atoms with van der Waals surface area (Å²) in [6, 6.07) is 2.46. The van der Waals surface area contributed by atoms with Crippen LogP contribution in [0.15, 0.2) is 6.07 Å². The fourth-order valence-electron chi connectivity index (χ4n) is 2.59. The minimum atomic E-state index is 0.546. The quantitative estimate of drug-likeness (QED) is 0.562. The summed E-state index contributed by atoms with van der Waals surface area (Å²) < 4.78 is 0. The van der Waals surface area contributed by atoms with E-state index in [1.807, 2.05) is 6.07 Å². The van der Waals surface area contributed by atoms with E-state index in [-0.39, 0.29) is 0 Å². The summed E-state index contributed by atoms with van der Waals surface area (Å²) >= 11 is 0. The molecule has 2 aliphatic rings. The van der Waals surface area contributed by atoms with Gasteiger partial charge in [0.25, 0.3) is 0 Å². The van der Waals surface area contributed by atoms with Crippen LogP contribution in [0.4, 0.5) is 11.6 Å². The average Bonchev–Trinajstić information content (AvgIpc) is 3.24. The van der Waals surface area contributed by atoms with E-state index >= 15 is 0 Å². The fourth-order valence-corrected chi connectivity index (χ4v) is 2.59. The maximum Gasteiger partial charge on any atom is 0.145 e. The molecule has 0 saturated heterocycles. The summed E-state index contributed by atoms with van der Waals surface area (Å²) in [5, 5.41) is 3.53. The Morgan fingerprint density at radius 3 is 2.39 bits per heavy atom. The smallest absolute Gasteiger partial charge is 0.145 e. The van der Waals surface area contributed by atoms with Gasteiger partial charge < -0.3 is 10.7 Å². The summed E-state index contributed by atoms with van der Waals surface area (Å²) in [5.41, 5.74) is 2.64. The zero-order valence-electron chi connectivity index (χ0n) is 10.7. The lowest BCUT2D eigenvalue weighted by Crippen LogP contribution is -2.23. The first-order chi connectivity index (χ1) is 8.85. The van der Waals surface area contributed by atoms with Crippen molar-refractivity contribution in [2.24, 2.45) is 5.84 Å². The first-order valence-corrected chi connectivity index (χ1v) is 6.97. The highest BCUT2D eigenvalue weighted by atomic mass is 15.3. The van der Waals surface area contributed by atoms with Crippen LogP contribution in [-0.4, -0.2) is 16.0 Å². The van der Waals surface area contributed by atoms with Gasteiger partial charge in [-0.25, -0.2) is 15.8 Å². The van der Waals surface area contributed by atoms with Crippen molar-refractivity contribution in [1.29, 1.82) is 0 Å². The molecule has 0 bridgehead atoms. The minimum absolute atomic E-state index is 0.546. The van der Waals surface area contributed by atoms with E-state index in [9.17, 15) is 0 Å². The first kappa shape index (κ1) is 11.7. The van der Waals surface area contributed by atoms with Gasteiger partial charge in [-0.1, -0.05) is 19.3 Å². The van der Waals surface area contributed by atoms with E-state index in [1.165, 1.54) is 44.9 Å². The van der Waals surface area contributed by atoms with E-state index in [2.05, 4.69) is 20.7 Å². The van der Waals surface area contributed by atoms with Gasteiger partial charge in [0.15, 0.2) is 0 Å². The van der Waals surface area contributed by atoms with Crippen molar-refractivity contribution in [3.05, 3.63) is 11.9 Å². The SMILES string of the molecule is NNc1cc(NC2CCCCC2)nc(C2CC2)n1. The highest BCUT2D eigenvalue weighted by Gasteiger charge is 2.27. The summed E-state index contributed by atoms with van der Waals surface area (Å²) in [6.07, 6.45) is 8.90. The Hall–Kier alpha value is -1.36. The van der Waals surface area contributed by atoms with Gasteiger partial charge in [-0.05, 0) is 25.7 Å². The third-order valence-electron chi connectivity index (χ3n) is 3.79. The van der Waals surface area contributed by atoms with Crippen molar-refractivity contribution in [2.75, 3.05) is 10.7 Å². The Morgan fingerprint density at radius 2 is 1.72 bits per heavy atom. The summed E-state index contributed by atoms with van der Waals surface area (Å²) in [7, 11) is 0. The standard InChI is InChI=1S/C13H21N5/c14-18-12-8-11(15-10-4-2-1-3-5-10)16-13(17-12)9-6-7-9/h8-10H,1-7,14H2,(H2,15,16,17,18). The number of nitrogens with two attached hydrogens (primary N) is 1. The number of hydrogen-bond acceptors (Lipinski definition) is 5. The van der Waals surface area contributed by atoms with Crippen molar-refractivity contribution in [2.45, 2.75) is 56.9 Å². The van der Waals surface area contributed by atoms with Crippen LogP contribution < -0.4 is 16.6 Å². The summed E-state index contributed by atoms with van der Waals surface area (Å²) in [6.45, 7) is 0. The molecule has 0 radical (unpaired) electrons. The zero-order valence-corrected chi connectivity index (χ0v) is 10.7. The molecular weight excluding hydrogens is 226 g/mol. The van der Waals surface area contributed by atoms with Crippen LogP contribution in [0.2, 0.25) is 0 Å². The molecule has 1 heterocycles. The molecule has 0 atom stereocenters. The number of nitrogens with one attached hydrogen (secondary N) is 2. The Kier molecular flexibility index (Phi) is 3.32. The molecule has 0 spiro atoms. The number of anilines is 2. The van der Waals surface area contributed by atoms with Gasteiger partial charge in [-0.2, -0.15) is 0 Å². The van der Waals surface area contributed by atoms with Gasteiger partial charge in [0.2, 0.25) is 0 Å². The van der Waals surface area contributed by atoms with Crippen molar-refractivity contribution in [1.82, 2.24) is 9.97 Å². The number of nitrogens with zero attached hydrogens (tertiary/aromatic N) is 2. The van der Waals surface area contributed by atoms with Crippen molar-refractivity contribution >= 4 is 11.6 Å². The predicted molar refractivity (Wildman–Crippen MR) is 72.3 cm³/mol. The first-order valence-electron chi connectivity index (χ1n) is 6.97. The van der Waals surface area contributed by atoms with Crippen LogP contribution in [0.3, 0.4) is 0 Å². The molecule has 2 aliphatic carbocycles. The van der Waals surface area contributed by atoms with Gasteiger partial charge in [-0.15, -0.1) is 0 Å². The van der Waals surface area contributed by atoms with Crippen molar-refractivity contribution in [3.63, 3.8) is 0 Å². The predicted octanol–water partition coefficient (Wildman–Crippen LogP) is 2.38. The van der Waals surface area contributed by atoms with Crippen LogP contribution in [0.5, 0.6) is 0 Å². The average molecular weight is 247 g/mol. The minimum Gasteiger partial charge on any atom is -0.367 e. The lowest BCUT2D eigenvalue weighted by molar-refractivity contribution is 0.461. The van der Waals surface area contributed by atoms with Gasteiger partial charge in [0, 0.05) is 18.0 Å². The molecule has 18 heavy (non-hydrogen) atoms. The molecule has 2 saturated carbocycles. The monoisotopic (exact) mass is 247 g/mol. The second kappa shape index (κ2) is 5.10. The maximum atomic E-state index is 5.47. The number of hydrazine groups is 1. The van der Waals surface area contributed by atoms with Crippen LogP contribution in [0.1, 0.15) is 56.7 Å². The van der Waals surface area contributed by atoms with Crippen molar-refractivity contribution < 1.29 is 0 Å². The molecule has 0 aromatic carbocycles. The molecule has 5 heteroatoms. The number of nitrogen functional groups attached to an aromatic ring is 1. The van der Waals surface area contributed by atoms with E-state index in [1.54, 1.807) is 0 Å². The number of hydrogen-bond donors (Lipinski definition) is 3. The van der Waals surface area contributed by atoms with Crippen LogP contribution >= 0.6 is 0 Å². The van der Waals surface area contributed by atoms with Gasteiger partial charge in [0.1, 0.15) is 17.5 Å². The third kappa shape index (κ3) is 2.72. The Bertz CT molecular complexity index is 410. The summed E-state index contributed by atoms with van der Waals surface area (Å²) in [4.78, 5) is 9.04. The highest BCUT2D eigenvalue weighted by molar-refractivity contribution is 5.48.